The first-order valence-corrected chi connectivity index (χ1v) is 5.12. The topological polar surface area (TPSA) is 0 Å². The summed E-state index contributed by atoms with van der Waals surface area (Å²) in [5.74, 6) is 3.60. The molecule has 0 saturated heterocycles. The van der Waals surface area contributed by atoms with Crippen LogP contribution in [0.4, 0.5) is 0 Å². The van der Waals surface area contributed by atoms with Gasteiger partial charge in [0.2, 0.25) is 0 Å². The van der Waals surface area contributed by atoms with Crippen molar-refractivity contribution in [3.63, 3.8) is 0 Å². The number of rotatable bonds is 1. The Morgan fingerprint density at radius 2 is 2.36 bits per heavy atom. The molecule has 4 atom stereocenters. The molecular weight excluding hydrogens is 132 g/mol. The molecule has 0 aliphatic heterocycles. The van der Waals surface area contributed by atoms with Crippen LogP contribution in [0.3, 0.4) is 0 Å². The highest BCUT2D eigenvalue weighted by atomic mass is 14.9. The minimum absolute atomic E-state index is 0.862. The van der Waals surface area contributed by atoms with Gasteiger partial charge < -0.3 is 0 Å². The Bertz CT molecular complexity index is 255. The second-order valence-electron chi connectivity index (χ2n) is 4.98. The van der Waals surface area contributed by atoms with E-state index in [4.69, 9.17) is 0 Å². The van der Waals surface area contributed by atoms with Gasteiger partial charge in [0, 0.05) is 0 Å². The largest absolute Gasteiger partial charge is 0.0847 e. The van der Waals surface area contributed by atoms with Crippen LogP contribution in [0.25, 0.3) is 0 Å². The van der Waals surface area contributed by atoms with Gasteiger partial charge in [-0.05, 0) is 55.3 Å². The van der Waals surface area contributed by atoms with Crippen LogP contribution in [0.5, 0.6) is 0 Å². The summed E-state index contributed by atoms with van der Waals surface area (Å²) in [7, 11) is 0. The smallest absolute Gasteiger partial charge is 0.00227 e. The summed E-state index contributed by atoms with van der Waals surface area (Å²) >= 11 is 0. The highest BCUT2D eigenvalue weighted by molar-refractivity contribution is 5.41. The van der Waals surface area contributed by atoms with E-state index in [0.29, 0.717) is 0 Å². The van der Waals surface area contributed by atoms with Crippen LogP contribution < -0.4 is 0 Å². The molecule has 0 aromatic rings. The van der Waals surface area contributed by atoms with Crippen molar-refractivity contribution in [2.45, 2.75) is 32.1 Å². The summed E-state index contributed by atoms with van der Waals surface area (Å²) in [5, 5.41) is 0. The molecule has 0 heteroatoms. The van der Waals surface area contributed by atoms with E-state index in [0.717, 1.165) is 5.41 Å². The van der Waals surface area contributed by atoms with Crippen molar-refractivity contribution in [3.8, 4) is 0 Å². The van der Waals surface area contributed by atoms with Crippen LogP contribution in [0, 0.1) is 23.2 Å². The molecule has 4 unspecified atom stereocenters. The molecule has 0 bridgehead atoms. The van der Waals surface area contributed by atoms with Gasteiger partial charge in [-0.1, -0.05) is 11.6 Å². The highest BCUT2D eigenvalue weighted by Gasteiger charge is 2.81. The standard InChI is InChI=1S/C11H14/c1-2-4-7(3-1)11-6-10(11)8-5-9(8)11/h3,8-10H,1-2,4-6H2. The first kappa shape index (κ1) is 5.40. The molecule has 0 nitrogen and oxygen atoms in total. The van der Waals surface area contributed by atoms with Crippen molar-refractivity contribution in [1.82, 2.24) is 0 Å². The maximum Gasteiger partial charge on any atom is -0.00227 e. The number of hydrogen-bond acceptors (Lipinski definition) is 0. The average Bonchev–Trinajstić information content (AvgIpc) is 2.78. The fourth-order valence-corrected chi connectivity index (χ4v) is 4.10. The number of fused-ring (bicyclic) bond motifs is 4. The minimum Gasteiger partial charge on any atom is -0.0847 e. The van der Waals surface area contributed by atoms with Crippen LogP contribution in [0.1, 0.15) is 32.1 Å². The lowest BCUT2D eigenvalue weighted by Gasteiger charge is -2.26. The van der Waals surface area contributed by atoms with Gasteiger partial charge in [0.15, 0.2) is 0 Å². The second-order valence-corrected chi connectivity index (χ2v) is 4.98. The van der Waals surface area contributed by atoms with Crippen molar-refractivity contribution >= 4 is 0 Å². The van der Waals surface area contributed by atoms with Crippen LogP contribution in [0.15, 0.2) is 11.6 Å². The molecule has 0 spiro atoms. The van der Waals surface area contributed by atoms with E-state index in [1.165, 1.54) is 37.0 Å². The normalized spacial score (nSPS) is 62.5. The van der Waals surface area contributed by atoms with Gasteiger partial charge in [0.1, 0.15) is 0 Å². The van der Waals surface area contributed by atoms with E-state index in [1.54, 1.807) is 12.8 Å². The number of allylic oxidation sites excluding steroid dienone is 2. The molecule has 0 N–H and O–H groups in total. The SMILES string of the molecule is C1=C(C23CC2C2CC23)CCC1. The van der Waals surface area contributed by atoms with E-state index in [2.05, 4.69) is 6.08 Å². The zero-order valence-electron chi connectivity index (χ0n) is 6.84. The summed E-state index contributed by atoms with van der Waals surface area (Å²) < 4.78 is 0. The summed E-state index contributed by atoms with van der Waals surface area (Å²) in [6.45, 7) is 0. The quantitative estimate of drug-likeness (QED) is 0.499. The van der Waals surface area contributed by atoms with E-state index < -0.39 is 0 Å². The zero-order valence-corrected chi connectivity index (χ0v) is 6.84. The molecule has 11 heavy (non-hydrogen) atoms. The second kappa shape index (κ2) is 1.32. The lowest BCUT2D eigenvalue weighted by Crippen LogP contribution is -2.20. The third-order valence-electron chi connectivity index (χ3n) is 4.72. The van der Waals surface area contributed by atoms with Crippen molar-refractivity contribution in [1.29, 1.82) is 0 Å². The predicted molar refractivity (Wildman–Crippen MR) is 44.1 cm³/mol. The predicted octanol–water partition coefficient (Wildman–Crippen LogP) is 2.75. The summed E-state index contributed by atoms with van der Waals surface area (Å²) in [6, 6.07) is 0. The fraction of sp³-hybridized carbons (Fsp3) is 0.818. The van der Waals surface area contributed by atoms with Gasteiger partial charge in [-0.15, -0.1) is 0 Å². The summed E-state index contributed by atoms with van der Waals surface area (Å²) in [6.07, 6.45) is 10.1. The number of hydrogen-bond donors (Lipinski definition) is 0. The molecule has 0 amide bonds. The van der Waals surface area contributed by atoms with Crippen LogP contribution >= 0.6 is 0 Å². The van der Waals surface area contributed by atoms with Crippen LogP contribution in [-0.4, -0.2) is 0 Å². The lowest BCUT2D eigenvalue weighted by molar-refractivity contribution is 0.313. The Morgan fingerprint density at radius 3 is 2.91 bits per heavy atom. The Morgan fingerprint density at radius 1 is 1.36 bits per heavy atom. The van der Waals surface area contributed by atoms with Gasteiger partial charge in [-0.3, -0.25) is 0 Å². The van der Waals surface area contributed by atoms with E-state index in [1.807, 2.05) is 5.57 Å². The molecule has 4 aliphatic rings. The monoisotopic (exact) mass is 146 g/mol. The average molecular weight is 146 g/mol. The molecule has 0 aromatic carbocycles. The van der Waals surface area contributed by atoms with Crippen LogP contribution in [-0.2, 0) is 0 Å². The third-order valence-corrected chi connectivity index (χ3v) is 4.72. The Balaban J connectivity index is 1.74. The molecule has 0 radical (unpaired) electrons. The summed E-state index contributed by atoms with van der Waals surface area (Å²) in [5.41, 5.74) is 2.75. The van der Waals surface area contributed by atoms with Crippen molar-refractivity contribution in [2.75, 3.05) is 0 Å². The van der Waals surface area contributed by atoms with Gasteiger partial charge >= 0.3 is 0 Å². The molecule has 4 aliphatic carbocycles. The zero-order chi connectivity index (χ0) is 7.05. The maximum atomic E-state index is 2.56. The first-order chi connectivity index (χ1) is 5.43. The van der Waals surface area contributed by atoms with Gasteiger partial charge in [-0.2, -0.15) is 0 Å². The van der Waals surface area contributed by atoms with Crippen LogP contribution in [0.2, 0.25) is 0 Å². The molecule has 0 heterocycles. The minimum atomic E-state index is 0.862. The van der Waals surface area contributed by atoms with Gasteiger partial charge in [0.05, 0.1) is 0 Å². The fourth-order valence-electron chi connectivity index (χ4n) is 4.10. The Labute approximate surface area is 67.7 Å². The van der Waals surface area contributed by atoms with Crippen molar-refractivity contribution in [2.24, 2.45) is 23.2 Å². The summed E-state index contributed by atoms with van der Waals surface area (Å²) in [4.78, 5) is 0. The molecule has 4 rings (SSSR count). The lowest BCUT2D eigenvalue weighted by atomic mass is 9.78. The molecule has 3 fully saturated rings. The highest BCUT2D eigenvalue weighted by Crippen LogP contribution is 2.88. The van der Waals surface area contributed by atoms with Gasteiger partial charge in [-0.25, -0.2) is 0 Å². The van der Waals surface area contributed by atoms with Crippen molar-refractivity contribution in [3.05, 3.63) is 11.6 Å². The Hall–Kier alpha value is -0.260. The van der Waals surface area contributed by atoms with E-state index >= 15 is 0 Å². The molecule has 58 valence electrons. The third kappa shape index (κ3) is 0.410. The Kier molecular flexibility index (Phi) is 0.648. The van der Waals surface area contributed by atoms with E-state index in [-0.39, 0.29) is 0 Å². The van der Waals surface area contributed by atoms with Crippen molar-refractivity contribution < 1.29 is 0 Å². The molecule has 3 saturated carbocycles. The van der Waals surface area contributed by atoms with Gasteiger partial charge in [0.25, 0.3) is 0 Å². The maximum absolute atomic E-state index is 2.56. The molecule has 0 aromatic heterocycles. The molecular formula is C11H14. The first-order valence-electron chi connectivity index (χ1n) is 5.12. The van der Waals surface area contributed by atoms with E-state index in [9.17, 15) is 0 Å².